The molecular formula is C12H12ClNO3S. The minimum absolute atomic E-state index is 0.223. The minimum atomic E-state index is -0.989. The van der Waals surface area contributed by atoms with Gasteiger partial charge in [-0.1, -0.05) is 23.7 Å². The van der Waals surface area contributed by atoms with E-state index in [2.05, 4.69) is 5.32 Å². The van der Waals surface area contributed by atoms with Crippen molar-refractivity contribution in [2.24, 2.45) is 0 Å². The first kappa shape index (κ1) is 13.2. The summed E-state index contributed by atoms with van der Waals surface area (Å²) in [6.45, 7) is 0. The third-order valence-corrected chi connectivity index (χ3v) is 4.23. The smallest absolute Gasteiger partial charge is 0.327 e. The summed E-state index contributed by atoms with van der Waals surface area (Å²) in [6, 6.07) is 6.56. The van der Waals surface area contributed by atoms with Gasteiger partial charge in [0.2, 0.25) is 5.91 Å². The maximum Gasteiger partial charge on any atom is 0.327 e. The van der Waals surface area contributed by atoms with Gasteiger partial charge in [-0.3, -0.25) is 4.79 Å². The van der Waals surface area contributed by atoms with Crippen LogP contribution in [0.4, 0.5) is 0 Å². The maximum atomic E-state index is 11.8. The van der Waals surface area contributed by atoms with Gasteiger partial charge in [-0.25, -0.2) is 4.79 Å². The standard InChI is InChI=1S/C12H12ClNO3S/c13-8-3-1-2-7(4-8)5-10-11(15)14-9(6-18-10)12(16)17/h1-4,9-10H,5-6H2,(H,14,15)(H,16,17)/t9-,10+/m1/s1. The molecule has 0 bridgehead atoms. The first-order valence-electron chi connectivity index (χ1n) is 5.45. The molecule has 1 fully saturated rings. The molecule has 96 valence electrons. The molecule has 0 saturated carbocycles. The van der Waals surface area contributed by atoms with E-state index in [1.54, 1.807) is 6.07 Å². The van der Waals surface area contributed by atoms with Gasteiger partial charge >= 0.3 is 5.97 Å². The monoisotopic (exact) mass is 285 g/mol. The molecule has 2 atom stereocenters. The molecule has 4 nitrogen and oxygen atoms in total. The van der Waals surface area contributed by atoms with E-state index in [1.165, 1.54) is 11.8 Å². The van der Waals surface area contributed by atoms with Crippen molar-refractivity contribution in [2.75, 3.05) is 5.75 Å². The van der Waals surface area contributed by atoms with Gasteiger partial charge in [0.15, 0.2) is 0 Å². The molecule has 1 amide bonds. The fourth-order valence-electron chi connectivity index (χ4n) is 1.76. The molecule has 0 spiro atoms. The van der Waals surface area contributed by atoms with Crippen LogP contribution >= 0.6 is 23.4 Å². The number of carbonyl (C=O) groups excluding carboxylic acids is 1. The van der Waals surface area contributed by atoms with Crippen molar-refractivity contribution in [3.63, 3.8) is 0 Å². The van der Waals surface area contributed by atoms with Gasteiger partial charge in [0.05, 0.1) is 5.25 Å². The van der Waals surface area contributed by atoms with Crippen LogP contribution in [-0.2, 0) is 16.0 Å². The van der Waals surface area contributed by atoms with Gasteiger partial charge < -0.3 is 10.4 Å². The lowest BCUT2D eigenvalue weighted by atomic mass is 10.1. The van der Waals surface area contributed by atoms with Gasteiger partial charge in [-0.15, -0.1) is 11.8 Å². The zero-order valence-electron chi connectivity index (χ0n) is 9.43. The molecule has 18 heavy (non-hydrogen) atoms. The number of rotatable bonds is 3. The average molecular weight is 286 g/mol. The third-order valence-electron chi connectivity index (χ3n) is 2.68. The molecule has 1 saturated heterocycles. The summed E-state index contributed by atoms with van der Waals surface area (Å²) >= 11 is 7.25. The van der Waals surface area contributed by atoms with Gasteiger partial charge in [-0.05, 0) is 24.1 Å². The van der Waals surface area contributed by atoms with Crippen molar-refractivity contribution < 1.29 is 14.7 Å². The quantitative estimate of drug-likeness (QED) is 0.885. The lowest BCUT2D eigenvalue weighted by Crippen LogP contribution is -2.51. The van der Waals surface area contributed by atoms with Crippen LogP contribution in [-0.4, -0.2) is 34.0 Å². The summed E-state index contributed by atoms with van der Waals surface area (Å²) in [5.74, 6) is -0.817. The van der Waals surface area contributed by atoms with E-state index in [4.69, 9.17) is 16.7 Å². The van der Waals surface area contributed by atoms with E-state index in [0.29, 0.717) is 17.2 Å². The molecule has 1 aromatic carbocycles. The van der Waals surface area contributed by atoms with Crippen LogP contribution < -0.4 is 5.32 Å². The highest BCUT2D eigenvalue weighted by Gasteiger charge is 2.32. The largest absolute Gasteiger partial charge is 0.480 e. The second-order valence-electron chi connectivity index (χ2n) is 4.06. The fourth-order valence-corrected chi connectivity index (χ4v) is 3.15. The number of amides is 1. The van der Waals surface area contributed by atoms with Gasteiger partial charge in [0.1, 0.15) is 6.04 Å². The molecule has 1 aromatic rings. The molecule has 0 aromatic heterocycles. The first-order chi connectivity index (χ1) is 8.56. The SMILES string of the molecule is O=C1N[C@@H](C(=O)O)CS[C@H]1Cc1cccc(Cl)c1. The van der Waals surface area contributed by atoms with Crippen molar-refractivity contribution in [1.82, 2.24) is 5.32 Å². The molecule has 0 unspecified atom stereocenters. The Balaban J connectivity index is 1.99. The van der Waals surface area contributed by atoms with Crippen LogP contribution in [0.25, 0.3) is 0 Å². The Labute approximate surface area is 114 Å². The summed E-state index contributed by atoms with van der Waals surface area (Å²) < 4.78 is 0. The summed E-state index contributed by atoms with van der Waals surface area (Å²) in [5.41, 5.74) is 0.976. The van der Waals surface area contributed by atoms with E-state index in [0.717, 1.165) is 5.56 Å². The molecule has 1 heterocycles. The normalized spacial score (nSPS) is 23.5. The van der Waals surface area contributed by atoms with E-state index >= 15 is 0 Å². The van der Waals surface area contributed by atoms with Crippen molar-refractivity contribution in [1.29, 1.82) is 0 Å². The van der Waals surface area contributed by atoms with Crippen LogP contribution in [0.2, 0.25) is 5.02 Å². The number of benzene rings is 1. The highest BCUT2D eigenvalue weighted by Crippen LogP contribution is 2.23. The third kappa shape index (κ3) is 3.17. The number of aliphatic carboxylic acids is 1. The van der Waals surface area contributed by atoms with Gasteiger partial charge in [0.25, 0.3) is 0 Å². The number of carboxylic acids is 1. The molecule has 0 aliphatic carbocycles. The highest BCUT2D eigenvalue weighted by atomic mass is 35.5. The highest BCUT2D eigenvalue weighted by molar-refractivity contribution is 8.00. The van der Waals surface area contributed by atoms with Crippen LogP contribution in [0.3, 0.4) is 0 Å². The zero-order chi connectivity index (χ0) is 13.1. The van der Waals surface area contributed by atoms with Crippen LogP contribution in [0, 0.1) is 0 Å². The van der Waals surface area contributed by atoms with E-state index < -0.39 is 12.0 Å². The topological polar surface area (TPSA) is 66.4 Å². The van der Waals surface area contributed by atoms with Crippen molar-refractivity contribution in [2.45, 2.75) is 17.7 Å². The van der Waals surface area contributed by atoms with Crippen LogP contribution in [0.15, 0.2) is 24.3 Å². The summed E-state index contributed by atoms with van der Waals surface area (Å²) in [5, 5.41) is 11.7. The first-order valence-corrected chi connectivity index (χ1v) is 6.88. The molecular weight excluding hydrogens is 274 g/mol. The summed E-state index contributed by atoms with van der Waals surface area (Å²) in [6.07, 6.45) is 0.559. The summed E-state index contributed by atoms with van der Waals surface area (Å²) in [4.78, 5) is 22.5. The number of hydrogen-bond acceptors (Lipinski definition) is 3. The Hall–Kier alpha value is -1.20. The second-order valence-corrected chi connectivity index (χ2v) is 5.73. The number of halogens is 1. The second kappa shape index (κ2) is 5.63. The molecule has 1 aliphatic heterocycles. The van der Waals surface area contributed by atoms with Crippen molar-refractivity contribution in [3.8, 4) is 0 Å². The van der Waals surface area contributed by atoms with Crippen molar-refractivity contribution >= 4 is 35.2 Å². The lowest BCUT2D eigenvalue weighted by molar-refractivity contribution is -0.141. The Morgan fingerprint density at radius 3 is 2.94 bits per heavy atom. The Kier molecular flexibility index (Phi) is 4.14. The molecule has 2 N–H and O–H groups in total. The minimum Gasteiger partial charge on any atom is -0.480 e. The van der Waals surface area contributed by atoms with E-state index in [1.807, 2.05) is 18.2 Å². The number of carbonyl (C=O) groups is 2. The molecule has 2 rings (SSSR count). The van der Waals surface area contributed by atoms with E-state index in [9.17, 15) is 9.59 Å². The zero-order valence-corrected chi connectivity index (χ0v) is 11.0. The average Bonchev–Trinajstić information content (AvgIpc) is 2.31. The van der Waals surface area contributed by atoms with Crippen molar-refractivity contribution in [3.05, 3.63) is 34.9 Å². The van der Waals surface area contributed by atoms with Crippen LogP contribution in [0.1, 0.15) is 5.56 Å². The molecule has 6 heteroatoms. The Bertz CT molecular complexity index is 480. The molecule has 0 radical (unpaired) electrons. The number of thioether (sulfide) groups is 1. The number of carboxylic acid groups (broad SMARTS) is 1. The summed E-state index contributed by atoms with van der Waals surface area (Å²) in [7, 11) is 0. The number of nitrogens with one attached hydrogen (secondary N) is 1. The molecule has 1 aliphatic rings. The predicted molar refractivity (Wildman–Crippen MR) is 71.0 cm³/mol. The predicted octanol–water partition coefficient (Wildman–Crippen LogP) is 1.57. The van der Waals surface area contributed by atoms with Gasteiger partial charge in [-0.2, -0.15) is 0 Å². The van der Waals surface area contributed by atoms with Gasteiger partial charge in [0, 0.05) is 10.8 Å². The Morgan fingerprint density at radius 2 is 2.33 bits per heavy atom. The fraction of sp³-hybridized carbons (Fsp3) is 0.333. The number of hydrogen-bond donors (Lipinski definition) is 2. The Morgan fingerprint density at radius 1 is 1.56 bits per heavy atom. The van der Waals surface area contributed by atoms with E-state index in [-0.39, 0.29) is 11.2 Å². The lowest BCUT2D eigenvalue weighted by Gasteiger charge is -2.26. The van der Waals surface area contributed by atoms with Crippen LogP contribution in [0.5, 0.6) is 0 Å². The maximum absolute atomic E-state index is 11.8.